The Morgan fingerprint density at radius 3 is 2.32 bits per heavy atom. The summed E-state index contributed by atoms with van der Waals surface area (Å²) in [4.78, 5) is 14.0. The number of carbonyl (C=O) groups is 1. The summed E-state index contributed by atoms with van der Waals surface area (Å²) in [6.45, 7) is 4.63. The fraction of sp³-hybridized carbons (Fsp3) is 0.562. The van der Waals surface area contributed by atoms with Gasteiger partial charge in [0.05, 0.1) is 10.6 Å². The summed E-state index contributed by atoms with van der Waals surface area (Å²) in [5.41, 5.74) is -1.07. The summed E-state index contributed by atoms with van der Waals surface area (Å²) in [5.74, 6) is -0.233. The monoisotopic (exact) mass is 325 g/mol. The van der Waals surface area contributed by atoms with E-state index in [0.29, 0.717) is 13.1 Å². The number of rotatable bonds is 4. The first kappa shape index (κ1) is 16.8. The Kier molecular flexibility index (Phi) is 5.11. The van der Waals surface area contributed by atoms with E-state index in [-0.39, 0.29) is 10.6 Å². The van der Waals surface area contributed by atoms with E-state index in [1.807, 2.05) is 0 Å². The van der Waals surface area contributed by atoms with Gasteiger partial charge in [0.25, 0.3) is 0 Å². The minimum atomic E-state index is -3.49. The van der Waals surface area contributed by atoms with Crippen LogP contribution in [0.3, 0.4) is 0 Å². The molecule has 5 nitrogen and oxygen atoms in total. The number of benzene rings is 1. The Labute approximate surface area is 132 Å². The van der Waals surface area contributed by atoms with E-state index in [1.54, 1.807) is 49.1 Å². The molecule has 1 aliphatic rings. The van der Waals surface area contributed by atoms with E-state index in [2.05, 4.69) is 0 Å². The molecular weight excluding hydrogens is 302 g/mol. The molecule has 0 spiro atoms. The number of carbonyl (C=O) groups excluding carboxylic acids is 1. The van der Waals surface area contributed by atoms with E-state index in [1.165, 1.54) is 0 Å². The van der Waals surface area contributed by atoms with Gasteiger partial charge in [-0.3, -0.25) is 0 Å². The lowest BCUT2D eigenvalue weighted by Crippen LogP contribution is -2.43. The van der Waals surface area contributed by atoms with Crippen LogP contribution in [-0.4, -0.2) is 43.9 Å². The third-order valence-electron chi connectivity index (χ3n) is 3.62. The number of likely N-dealkylation sites (tertiary alicyclic amines) is 1. The average Bonchev–Trinajstić information content (AvgIpc) is 2.47. The van der Waals surface area contributed by atoms with Crippen LogP contribution in [0.2, 0.25) is 0 Å². The van der Waals surface area contributed by atoms with Crippen molar-refractivity contribution in [2.24, 2.45) is 0 Å². The molecule has 6 heteroatoms. The third kappa shape index (κ3) is 4.47. The first-order valence-corrected chi connectivity index (χ1v) is 9.21. The number of amides is 1. The lowest BCUT2D eigenvalue weighted by molar-refractivity contribution is 0.0234. The molecule has 1 heterocycles. The summed E-state index contributed by atoms with van der Waals surface area (Å²) in [6.07, 6.45) is 2.64. The topological polar surface area (TPSA) is 63.7 Å². The van der Waals surface area contributed by atoms with Gasteiger partial charge in [-0.1, -0.05) is 18.2 Å². The second-order valence-electron chi connectivity index (χ2n) is 6.25. The van der Waals surface area contributed by atoms with Gasteiger partial charge in [0, 0.05) is 13.1 Å². The number of sulfone groups is 1. The van der Waals surface area contributed by atoms with Crippen LogP contribution in [0.1, 0.15) is 33.1 Å². The molecule has 2 rings (SSSR count). The molecule has 0 radical (unpaired) electrons. The minimum absolute atomic E-state index is 0.233. The van der Waals surface area contributed by atoms with Gasteiger partial charge < -0.3 is 9.64 Å². The van der Waals surface area contributed by atoms with E-state index in [0.717, 1.165) is 19.3 Å². The largest absolute Gasteiger partial charge is 0.442 e. The van der Waals surface area contributed by atoms with Gasteiger partial charge in [-0.2, -0.15) is 0 Å². The number of piperidine rings is 1. The van der Waals surface area contributed by atoms with Crippen LogP contribution in [-0.2, 0) is 14.6 Å². The molecule has 1 amide bonds. The molecule has 1 fully saturated rings. The fourth-order valence-electron chi connectivity index (χ4n) is 2.58. The lowest BCUT2D eigenvalue weighted by Gasteiger charge is -2.31. The van der Waals surface area contributed by atoms with Gasteiger partial charge in [0.15, 0.2) is 9.84 Å². The highest BCUT2D eigenvalue weighted by Crippen LogP contribution is 2.21. The maximum Gasteiger partial charge on any atom is 0.410 e. The van der Waals surface area contributed by atoms with Crippen molar-refractivity contribution < 1.29 is 17.9 Å². The van der Waals surface area contributed by atoms with Gasteiger partial charge in [-0.05, 0) is 45.2 Å². The number of hydrogen-bond donors (Lipinski definition) is 0. The molecule has 1 saturated heterocycles. The van der Waals surface area contributed by atoms with Crippen LogP contribution in [0.5, 0.6) is 0 Å². The molecule has 0 atom stereocenters. The number of hydrogen-bond acceptors (Lipinski definition) is 4. The van der Waals surface area contributed by atoms with Crippen LogP contribution in [0.4, 0.5) is 4.79 Å². The van der Waals surface area contributed by atoms with Crippen LogP contribution in [0.25, 0.3) is 0 Å². The third-order valence-corrected chi connectivity index (χ3v) is 5.68. The van der Waals surface area contributed by atoms with Gasteiger partial charge in [-0.15, -0.1) is 0 Å². The molecule has 22 heavy (non-hydrogen) atoms. The molecule has 0 unspecified atom stereocenters. The Hall–Kier alpha value is -1.56. The SMILES string of the molecule is CC(C)(CS(=O)(=O)c1ccccc1)OC(=O)N1CCCCC1. The summed E-state index contributed by atoms with van der Waals surface area (Å²) >= 11 is 0. The number of ether oxygens (including phenoxy) is 1. The van der Waals surface area contributed by atoms with Gasteiger partial charge in [0.1, 0.15) is 5.60 Å². The zero-order chi connectivity index (χ0) is 16.2. The van der Waals surface area contributed by atoms with Crippen molar-refractivity contribution in [1.29, 1.82) is 0 Å². The standard InChI is InChI=1S/C16H23NO4S/c1-16(2,21-15(18)17-11-7-4-8-12-17)13-22(19,20)14-9-5-3-6-10-14/h3,5-6,9-10H,4,7-8,11-13H2,1-2H3. The molecule has 0 aliphatic carbocycles. The number of nitrogens with zero attached hydrogens (tertiary/aromatic N) is 1. The molecule has 1 aromatic rings. The average molecular weight is 325 g/mol. The van der Waals surface area contributed by atoms with Crippen molar-refractivity contribution >= 4 is 15.9 Å². The van der Waals surface area contributed by atoms with Crippen molar-refractivity contribution in [3.63, 3.8) is 0 Å². The molecule has 1 aromatic carbocycles. The summed E-state index contributed by atoms with van der Waals surface area (Å²) < 4.78 is 30.2. The maximum absolute atomic E-state index is 12.4. The van der Waals surface area contributed by atoms with E-state index in [4.69, 9.17) is 4.74 Å². The fourth-order valence-corrected chi connectivity index (χ4v) is 4.29. The van der Waals surface area contributed by atoms with Crippen LogP contribution in [0.15, 0.2) is 35.2 Å². The van der Waals surface area contributed by atoms with E-state index in [9.17, 15) is 13.2 Å². The zero-order valence-electron chi connectivity index (χ0n) is 13.1. The molecule has 0 bridgehead atoms. The van der Waals surface area contributed by atoms with Crippen molar-refractivity contribution in [2.75, 3.05) is 18.8 Å². The van der Waals surface area contributed by atoms with Crippen molar-refractivity contribution in [3.05, 3.63) is 30.3 Å². The summed E-state index contributed by atoms with van der Waals surface area (Å²) in [5, 5.41) is 0. The highest BCUT2D eigenvalue weighted by atomic mass is 32.2. The zero-order valence-corrected chi connectivity index (χ0v) is 13.9. The molecule has 0 saturated carbocycles. The molecule has 0 aromatic heterocycles. The van der Waals surface area contributed by atoms with E-state index < -0.39 is 21.5 Å². The van der Waals surface area contributed by atoms with Gasteiger partial charge >= 0.3 is 6.09 Å². The quantitative estimate of drug-likeness (QED) is 0.854. The second kappa shape index (κ2) is 6.69. The Balaban J connectivity index is 2.02. The normalized spacial score (nSPS) is 16.4. The predicted molar refractivity (Wildman–Crippen MR) is 84.5 cm³/mol. The predicted octanol–water partition coefficient (Wildman–Crippen LogP) is 2.86. The Morgan fingerprint density at radius 2 is 1.73 bits per heavy atom. The first-order valence-electron chi connectivity index (χ1n) is 7.56. The molecule has 122 valence electrons. The summed E-state index contributed by atoms with van der Waals surface area (Å²) in [7, 11) is -3.49. The van der Waals surface area contributed by atoms with Crippen LogP contribution >= 0.6 is 0 Å². The van der Waals surface area contributed by atoms with Crippen LogP contribution < -0.4 is 0 Å². The molecule has 1 aliphatic heterocycles. The smallest absolute Gasteiger partial charge is 0.410 e. The van der Waals surface area contributed by atoms with Crippen LogP contribution in [0, 0.1) is 0 Å². The maximum atomic E-state index is 12.4. The van der Waals surface area contributed by atoms with Gasteiger partial charge in [-0.25, -0.2) is 13.2 Å². The molecular formula is C16H23NO4S. The Bertz CT molecular complexity index is 604. The van der Waals surface area contributed by atoms with Crippen molar-refractivity contribution in [1.82, 2.24) is 4.90 Å². The first-order chi connectivity index (χ1) is 10.3. The minimum Gasteiger partial charge on any atom is -0.442 e. The van der Waals surface area contributed by atoms with E-state index >= 15 is 0 Å². The summed E-state index contributed by atoms with van der Waals surface area (Å²) in [6, 6.07) is 8.23. The van der Waals surface area contributed by atoms with Crippen molar-refractivity contribution in [3.8, 4) is 0 Å². The Morgan fingerprint density at radius 1 is 1.14 bits per heavy atom. The van der Waals surface area contributed by atoms with Crippen molar-refractivity contribution in [2.45, 2.75) is 43.6 Å². The highest BCUT2D eigenvalue weighted by Gasteiger charge is 2.32. The molecule has 0 N–H and O–H groups in total. The van der Waals surface area contributed by atoms with Gasteiger partial charge in [0.2, 0.25) is 0 Å². The lowest BCUT2D eigenvalue weighted by atomic mass is 10.1. The second-order valence-corrected chi connectivity index (χ2v) is 8.24. The highest BCUT2D eigenvalue weighted by molar-refractivity contribution is 7.91.